The van der Waals surface area contributed by atoms with Crippen LogP contribution < -0.4 is 14.9 Å². The highest BCUT2D eigenvalue weighted by Crippen LogP contribution is 2.34. The molecule has 0 aliphatic heterocycles. The fourth-order valence-corrected chi connectivity index (χ4v) is 4.08. The second kappa shape index (κ2) is 11.0. The number of ether oxygens (including phenoxy) is 2. The Bertz CT molecular complexity index is 1140. The molecule has 0 spiro atoms. The molecule has 31 heavy (non-hydrogen) atoms. The third-order valence-electron chi connectivity index (χ3n) is 4.14. The standard InChI is InChI=1S/C22H16Cl3IN2O3/c1-30-20-9-13(11-27-28-22(29)16-7-6-15(23)10-18(16)25)8-19(26)21(20)31-12-14-4-2-3-5-17(14)24/h2-11H,12H2,1H3,(H,28,29)/b27-11+. The molecule has 0 saturated carbocycles. The van der Waals surface area contributed by atoms with Crippen LogP contribution in [0.1, 0.15) is 21.5 Å². The lowest BCUT2D eigenvalue weighted by molar-refractivity contribution is 0.0955. The summed E-state index contributed by atoms with van der Waals surface area (Å²) in [7, 11) is 1.55. The van der Waals surface area contributed by atoms with Crippen LogP contribution in [0.5, 0.6) is 11.5 Å². The zero-order valence-electron chi connectivity index (χ0n) is 16.2. The maximum Gasteiger partial charge on any atom is 0.272 e. The SMILES string of the molecule is COc1cc(/C=N/NC(=O)c2ccc(Cl)cc2Cl)cc(I)c1OCc1ccccc1Cl. The Morgan fingerprint density at radius 2 is 1.87 bits per heavy atom. The topological polar surface area (TPSA) is 59.9 Å². The maximum atomic E-state index is 12.2. The summed E-state index contributed by atoms with van der Waals surface area (Å²) in [6.45, 7) is 0.303. The van der Waals surface area contributed by atoms with Crippen LogP contribution >= 0.6 is 57.4 Å². The summed E-state index contributed by atoms with van der Waals surface area (Å²) in [5.74, 6) is 0.684. The zero-order chi connectivity index (χ0) is 22.4. The minimum atomic E-state index is -0.445. The molecule has 0 aliphatic rings. The van der Waals surface area contributed by atoms with Crippen molar-refractivity contribution < 1.29 is 14.3 Å². The van der Waals surface area contributed by atoms with Gasteiger partial charge in [-0.05, 0) is 64.6 Å². The molecule has 0 aromatic heterocycles. The van der Waals surface area contributed by atoms with Crippen molar-refractivity contribution in [3.05, 3.63) is 89.9 Å². The van der Waals surface area contributed by atoms with E-state index in [0.29, 0.717) is 33.7 Å². The van der Waals surface area contributed by atoms with Crippen molar-refractivity contribution in [1.82, 2.24) is 5.43 Å². The van der Waals surface area contributed by atoms with Gasteiger partial charge in [-0.1, -0.05) is 53.0 Å². The average Bonchev–Trinajstić information content (AvgIpc) is 2.73. The number of rotatable bonds is 7. The normalized spacial score (nSPS) is 10.9. The first-order chi connectivity index (χ1) is 14.9. The van der Waals surface area contributed by atoms with Gasteiger partial charge in [-0.25, -0.2) is 5.43 Å². The predicted molar refractivity (Wildman–Crippen MR) is 133 cm³/mol. The first-order valence-electron chi connectivity index (χ1n) is 8.91. The van der Waals surface area contributed by atoms with E-state index >= 15 is 0 Å². The van der Waals surface area contributed by atoms with Crippen molar-refractivity contribution in [2.24, 2.45) is 5.10 Å². The smallest absolute Gasteiger partial charge is 0.272 e. The lowest BCUT2D eigenvalue weighted by Gasteiger charge is -2.14. The number of amides is 1. The van der Waals surface area contributed by atoms with E-state index in [0.717, 1.165) is 9.13 Å². The molecule has 160 valence electrons. The highest BCUT2D eigenvalue weighted by Gasteiger charge is 2.13. The molecular weight excluding hydrogens is 574 g/mol. The molecule has 1 amide bonds. The summed E-state index contributed by atoms with van der Waals surface area (Å²) in [5, 5.41) is 5.33. The second-order valence-corrected chi connectivity index (χ2v) is 8.65. The molecule has 0 saturated heterocycles. The van der Waals surface area contributed by atoms with Crippen LogP contribution in [0.2, 0.25) is 15.1 Å². The molecule has 1 N–H and O–H groups in total. The van der Waals surface area contributed by atoms with E-state index in [2.05, 4.69) is 33.1 Å². The Morgan fingerprint density at radius 3 is 2.58 bits per heavy atom. The number of carbonyl (C=O) groups is 1. The Morgan fingerprint density at radius 1 is 1.10 bits per heavy atom. The minimum Gasteiger partial charge on any atom is -0.493 e. The lowest BCUT2D eigenvalue weighted by atomic mass is 10.2. The van der Waals surface area contributed by atoms with Crippen molar-refractivity contribution in [3.8, 4) is 11.5 Å². The molecule has 5 nitrogen and oxygen atoms in total. The number of nitrogens with one attached hydrogen (secondary N) is 1. The van der Waals surface area contributed by atoms with E-state index < -0.39 is 5.91 Å². The summed E-state index contributed by atoms with van der Waals surface area (Å²) in [6, 6.07) is 15.7. The van der Waals surface area contributed by atoms with Crippen LogP contribution in [0.15, 0.2) is 59.7 Å². The Hall–Kier alpha value is -2.00. The van der Waals surface area contributed by atoms with Gasteiger partial charge in [-0.3, -0.25) is 4.79 Å². The molecule has 0 bridgehead atoms. The molecule has 0 aliphatic carbocycles. The minimum absolute atomic E-state index is 0.247. The van der Waals surface area contributed by atoms with Gasteiger partial charge in [0.25, 0.3) is 5.91 Å². The number of hydrogen-bond acceptors (Lipinski definition) is 4. The van der Waals surface area contributed by atoms with Crippen molar-refractivity contribution in [2.45, 2.75) is 6.61 Å². The fraction of sp³-hybridized carbons (Fsp3) is 0.0909. The first kappa shape index (κ1) is 23.7. The molecule has 0 unspecified atom stereocenters. The third-order valence-corrected chi connectivity index (χ3v) is 5.85. The molecule has 3 rings (SSSR count). The second-order valence-electron chi connectivity index (χ2n) is 6.24. The van der Waals surface area contributed by atoms with Gasteiger partial charge in [-0.2, -0.15) is 5.10 Å². The third kappa shape index (κ3) is 6.26. The van der Waals surface area contributed by atoms with Gasteiger partial charge >= 0.3 is 0 Å². The zero-order valence-corrected chi connectivity index (χ0v) is 20.6. The van der Waals surface area contributed by atoms with Crippen LogP contribution in [-0.2, 0) is 6.61 Å². The van der Waals surface area contributed by atoms with Crippen LogP contribution in [0.3, 0.4) is 0 Å². The number of carbonyl (C=O) groups excluding carboxylic acids is 1. The average molecular weight is 590 g/mol. The highest BCUT2D eigenvalue weighted by molar-refractivity contribution is 14.1. The van der Waals surface area contributed by atoms with Crippen molar-refractivity contribution >= 4 is 69.5 Å². The monoisotopic (exact) mass is 588 g/mol. The number of halogens is 4. The lowest BCUT2D eigenvalue weighted by Crippen LogP contribution is -2.18. The van der Waals surface area contributed by atoms with E-state index in [4.69, 9.17) is 44.3 Å². The number of hydrogen-bond donors (Lipinski definition) is 1. The predicted octanol–water partition coefficient (Wildman–Crippen LogP) is 6.60. The van der Waals surface area contributed by atoms with E-state index in [-0.39, 0.29) is 10.6 Å². The number of methoxy groups -OCH3 is 1. The Labute approximate surface area is 208 Å². The van der Waals surface area contributed by atoms with Gasteiger partial charge in [0.05, 0.1) is 27.5 Å². The van der Waals surface area contributed by atoms with Crippen LogP contribution in [0.25, 0.3) is 0 Å². The van der Waals surface area contributed by atoms with Gasteiger partial charge in [-0.15, -0.1) is 0 Å². The molecule has 0 fully saturated rings. The number of benzene rings is 3. The molecular formula is C22H16Cl3IN2O3. The molecule has 3 aromatic carbocycles. The van der Waals surface area contributed by atoms with Crippen LogP contribution in [0.4, 0.5) is 0 Å². The quantitative estimate of drug-likeness (QED) is 0.192. The summed E-state index contributed by atoms with van der Waals surface area (Å²) in [5.41, 5.74) is 4.31. The van der Waals surface area contributed by atoms with Crippen molar-refractivity contribution in [3.63, 3.8) is 0 Å². The van der Waals surface area contributed by atoms with Gasteiger partial charge in [0, 0.05) is 15.6 Å². The van der Waals surface area contributed by atoms with Gasteiger partial charge in [0.2, 0.25) is 0 Å². The van der Waals surface area contributed by atoms with Crippen LogP contribution in [0, 0.1) is 3.57 Å². The van der Waals surface area contributed by atoms with Gasteiger partial charge in [0.15, 0.2) is 11.5 Å². The molecule has 9 heteroatoms. The van der Waals surface area contributed by atoms with E-state index in [9.17, 15) is 4.79 Å². The Kier molecular flexibility index (Phi) is 8.43. The fourth-order valence-electron chi connectivity index (χ4n) is 2.62. The summed E-state index contributed by atoms with van der Waals surface area (Å²) < 4.78 is 12.2. The Balaban J connectivity index is 1.71. The summed E-state index contributed by atoms with van der Waals surface area (Å²) >= 11 is 20.2. The highest BCUT2D eigenvalue weighted by atomic mass is 127. The first-order valence-corrected chi connectivity index (χ1v) is 11.1. The van der Waals surface area contributed by atoms with E-state index in [1.165, 1.54) is 18.3 Å². The van der Waals surface area contributed by atoms with Crippen molar-refractivity contribution in [2.75, 3.05) is 7.11 Å². The number of nitrogens with zero attached hydrogens (tertiary/aromatic N) is 1. The molecule has 3 aromatic rings. The molecule has 0 atom stereocenters. The summed E-state index contributed by atoms with van der Waals surface area (Å²) in [6.07, 6.45) is 1.50. The van der Waals surface area contributed by atoms with Gasteiger partial charge in [0.1, 0.15) is 6.61 Å². The van der Waals surface area contributed by atoms with E-state index in [1.807, 2.05) is 30.3 Å². The summed E-state index contributed by atoms with van der Waals surface area (Å²) in [4.78, 5) is 12.2. The van der Waals surface area contributed by atoms with Gasteiger partial charge < -0.3 is 9.47 Å². The molecule has 0 heterocycles. The maximum absolute atomic E-state index is 12.2. The number of hydrazone groups is 1. The largest absolute Gasteiger partial charge is 0.493 e. The van der Waals surface area contributed by atoms with Crippen molar-refractivity contribution in [1.29, 1.82) is 0 Å². The van der Waals surface area contributed by atoms with Crippen LogP contribution in [-0.4, -0.2) is 19.2 Å². The molecule has 0 radical (unpaired) electrons. The van der Waals surface area contributed by atoms with E-state index in [1.54, 1.807) is 19.2 Å².